The van der Waals surface area contributed by atoms with Gasteiger partial charge in [-0.1, -0.05) is 30.3 Å². The molecule has 84 valence electrons. The molecule has 0 bridgehead atoms. The third-order valence-electron chi connectivity index (χ3n) is 2.64. The number of fused-ring (bicyclic) bond motifs is 1. The van der Waals surface area contributed by atoms with Crippen molar-refractivity contribution in [3.8, 4) is 5.75 Å². The lowest BCUT2D eigenvalue weighted by atomic mass is 10.0. The maximum Gasteiger partial charge on any atom is 0.133 e. The Kier molecular flexibility index (Phi) is 3.39. The molecule has 0 atom stereocenters. The van der Waals surface area contributed by atoms with Crippen molar-refractivity contribution >= 4 is 21.7 Å². The maximum atomic E-state index is 5.39. The second-order valence-corrected chi connectivity index (χ2v) is 6.36. The van der Waals surface area contributed by atoms with Crippen LogP contribution in [0.2, 0.25) is 0 Å². The molecule has 0 saturated carbocycles. The van der Waals surface area contributed by atoms with Crippen molar-refractivity contribution in [2.45, 2.75) is 5.75 Å². The smallest absolute Gasteiger partial charge is 0.133 e. The third-order valence-corrected chi connectivity index (χ3v) is 3.53. The third kappa shape index (κ3) is 2.17. The average molecular weight is 233 g/mol. The van der Waals surface area contributed by atoms with Gasteiger partial charge in [-0.05, 0) is 22.3 Å². The molecule has 0 radical (unpaired) electrons. The van der Waals surface area contributed by atoms with Crippen LogP contribution in [0.15, 0.2) is 36.4 Å². The molecular formula is C14H17OS+. The average Bonchev–Trinajstić information content (AvgIpc) is 2.29. The van der Waals surface area contributed by atoms with E-state index in [1.54, 1.807) is 7.11 Å². The van der Waals surface area contributed by atoms with Gasteiger partial charge in [0.05, 0.1) is 19.6 Å². The molecule has 0 aliphatic heterocycles. The number of rotatable bonds is 3. The standard InChI is InChI=1S/C14H17OS/c1-15-14-9-8-11(10-16(2)3)12-6-4-5-7-13(12)14/h4-9H,10H2,1-3H3/q+1. The highest BCUT2D eigenvalue weighted by atomic mass is 32.2. The van der Waals surface area contributed by atoms with Gasteiger partial charge in [0.2, 0.25) is 0 Å². The summed E-state index contributed by atoms with van der Waals surface area (Å²) < 4.78 is 5.39. The van der Waals surface area contributed by atoms with Gasteiger partial charge in [-0.25, -0.2) is 0 Å². The highest BCUT2D eigenvalue weighted by Gasteiger charge is 2.10. The number of benzene rings is 2. The molecule has 0 N–H and O–H groups in total. The van der Waals surface area contributed by atoms with E-state index in [0.29, 0.717) is 10.9 Å². The molecule has 16 heavy (non-hydrogen) atoms. The van der Waals surface area contributed by atoms with Gasteiger partial charge < -0.3 is 4.74 Å². The Labute approximate surface area is 99.8 Å². The molecule has 2 aromatic carbocycles. The molecule has 2 heteroatoms. The van der Waals surface area contributed by atoms with Crippen molar-refractivity contribution < 1.29 is 4.74 Å². The minimum Gasteiger partial charge on any atom is -0.496 e. The van der Waals surface area contributed by atoms with Crippen LogP contribution in [0.25, 0.3) is 10.8 Å². The first-order chi connectivity index (χ1) is 7.72. The van der Waals surface area contributed by atoms with Crippen molar-refractivity contribution in [3.05, 3.63) is 42.0 Å². The van der Waals surface area contributed by atoms with E-state index < -0.39 is 0 Å². The quantitative estimate of drug-likeness (QED) is 0.740. The van der Waals surface area contributed by atoms with E-state index in [2.05, 4.69) is 48.9 Å². The number of ether oxygens (including phenoxy) is 1. The van der Waals surface area contributed by atoms with Crippen LogP contribution in [-0.4, -0.2) is 19.6 Å². The number of hydrogen-bond acceptors (Lipinski definition) is 1. The summed E-state index contributed by atoms with van der Waals surface area (Å²) in [5.74, 6) is 2.11. The van der Waals surface area contributed by atoms with Crippen LogP contribution in [0, 0.1) is 0 Å². The fourth-order valence-corrected chi connectivity index (χ4v) is 2.82. The van der Waals surface area contributed by atoms with Gasteiger partial charge in [0.25, 0.3) is 0 Å². The zero-order valence-electron chi connectivity index (χ0n) is 9.99. The Bertz CT molecular complexity index is 491. The Morgan fingerprint density at radius 2 is 1.69 bits per heavy atom. The van der Waals surface area contributed by atoms with Crippen LogP contribution in [0.5, 0.6) is 5.75 Å². The van der Waals surface area contributed by atoms with Crippen LogP contribution in [0.4, 0.5) is 0 Å². The van der Waals surface area contributed by atoms with Gasteiger partial charge in [-0.3, -0.25) is 0 Å². The largest absolute Gasteiger partial charge is 0.496 e. The fourth-order valence-electron chi connectivity index (χ4n) is 1.95. The number of methoxy groups -OCH3 is 1. The van der Waals surface area contributed by atoms with E-state index in [1.165, 1.54) is 16.3 Å². The molecule has 1 nitrogen and oxygen atoms in total. The summed E-state index contributed by atoms with van der Waals surface area (Å²) in [4.78, 5) is 0. The van der Waals surface area contributed by atoms with Crippen molar-refractivity contribution in [3.63, 3.8) is 0 Å². The molecule has 0 heterocycles. The van der Waals surface area contributed by atoms with Gasteiger partial charge in [0, 0.05) is 10.9 Å². The van der Waals surface area contributed by atoms with E-state index >= 15 is 0 Å². The monoisotopic (exact) mass is 233 g/mol. The van der Waals surface area contributed by atoms with Crippen LogP contribution in [-0.2, 0) is 16.6 Å². The van der Waals surface area contributed by atoms with E-state index in [0.717, 1.165) is 11.5 Å². The Hall–Kier alpha value is -1.15. The molecule has 0 unspecified atom stereocenters. The van der Waals surface area contributed by atoms with Gasteiger partial charge in [-0.15, -0.1) is 0 Å². The van der Waals surface area contributed by atoms with E-state index in [-0.39, 0.29) is 0 Å². The lowest BCUT2D eigenvalue weighted by Crippen LogP contribution is -2.00. The SMILES string of the molecule is COc1ccc(C[S+](C)C)c2ccccc12. The van der Waals surface area contributed by atoms with Crippen molar-refractivity contribution in [2.75, 3.05) is 19.6 Å². The first-order valence-corrected chi connectivity index (χ1v) is 7.52. The molecule has 0 aliphatic carbocycles. The molecule has 0 saturated heterocycles. The molecule has 0 amide bonds. The molecule has 0 spiro atoms. The predicted molar refractivity (Wildman–Crippen MR) is 73.4 cm³/mol. The van der Waals surface area contributed by atoms with Crippen LogP contribution in [0.3, 0.4) is 0 Å². The van der Waals surface area contributed by atoms with Crippen molar-refractivity contribution in [1.82, 2.24) is 0 Å². The normalized spacial score (nSPS) is 11.0. The first-order valence-electron chi connectivity index (χ1n) is 5.31. The lowest BCUT2D eigenvalue weighted by Gasteiger charge is -2.09. The Morgan fingerprint density at radius 3 is 2.31 bits per heavy atom. The van der Waals surface area contributed by atoms with Gasteiger partial charge in [0.15, 0.2) is 0 Å². The van der Waals surface area contributed by atoms with Crippen LogP contribution in [0.1, 0.15) is 5.56 Å². The van der Waals surface area contributed by atoms with Gasteiger partial charge in [-0.2, -0.15) is 0 Å². The summed E-state index contributed by atoms with van der Waals surface area (Å²) in [7, 11) is 2.16. The van der Waals surface area contributed by atoms with Gasteiger partial charge in [0.1, 0.15) is 11.5 Å². The molecule has 0 aromatic heterocycles. The van der Waals surface area contributed by atoms with Crippen LogP contribution < -0.4 is 4.74 Å². The summed E-state index contributed by atoms with van der Waals surface area (Å²) in [5, 5.41) is 2.54. The maximum absolute atomic E-state index is 5.39. The summed E-state index contributed by atoms with van der Waals surface area (Å²) in [5.41, 5.74) is 1.42. The lowest BCUT2D eigenvalue weighted by molar-refractivity contribution is 0.420. The molecular weight excluding hydrogens is 216 g/mol. The second-order valence-electron chi connectivity index (χ2n) is 4.10. The van der Waals surface area contributed by atoms with Crippen molar-refractivity contribution in [1.29, 1.82) is 0 Å². The van der Waals surface area contributed by atoms with E-state index in [4.69, 9.17) is 4.74 Å². The Balaban J connectivity index is 2.60. The molecule has 2 aromatic rings. The zero-order chi connectivity index (χ0) is 11.5. The summed E-state index contributed by atoms with van der Waals surface area (Å²) >= 11 is 0. The zero-order valence-corrected chi connectivity index (χ0v) is 10.8. The minimum absolute atomic E-state index is 0.428. The summed E-state index contributed by atoms with van der Waals surface area (Å²) in [6.45, 7) is 0. The van der Waals surface area contributed by atoms with E-state index in [1.807, 2.05) is 0 Å². The van der Waals surface area contributed by atoms with Crippen LogP contribution >= 0.6 is 0 Å². The minimum atomic E-state index is 0.428. The van der Waals surface area contributed by atoms with Gasteiger partial charge >= 0.3 is 0 Å². The highest BCUT2D eigenvalue weighted by Crippen LogP contribution is 2.29. The topological polar surface area (TPSA) is 9.23 Å². The predicted octanol–water partition coefficient (Wildman–Crippen LogP) is 3.23. The number of hydrogen-bond donors (Lipinski definition) is 0. The molecule has 2 rings (SSSR count). The molecule has 0 aliphatic rings. The van der Waals surface area contributed by atoms with E-state index in [9.17, 15) is 0 Å². The summed E-state index contributed by atoms with van der Waals surface area (Å²) in [6, 6.07) is 12.7. The molecule has 0 fully saturated rings. The van der Waals surface area contributed by atoms with Crippen molar-refractivity contribution in [2.24, 2.45) is 0 Å². The second kappa shape index (κ2) is 4.79. The fraction of sp³-hybridized carbons (Fsp3) is 0.286. The highest BCUT2D eigenvalue weighted by molar-refractivity contribution is 7.94. The first kappa shape index (κ1) is 11.3. The Morgan fingerprint density at radius 1 is 1.00 bits per heavy atom. The summed E-state index contributed by atoms with van der Waals surface area (Å²) in [6.07, 6.45) is 4.55.